The number of carbonyl (C=O) groups is 2. The first-order valence-corrected chi connectivity index (χ1v) is 8.23. The Kier molecular flexibility index (Phi) is 4.65. The Morgan fingerprint density at radius 1 is 1.04 bits per heavy atom. The highest BCUT2D eigenvalue weighted by molar-refractivity contribution is 5.95. The van der Waals surface area contributed by atoms with E-state index in [-0.39, 0.29) is 23.8 Å². The lowest BCUT2D eigenvalue weighted by molar-refractivity contribution is -0.143. The number of hydrogen-bond donors (Lipinski definition) is 0. The van der Waals surface area contributed by atoms with E-state index in [0.717, 1.165) is 5.56 Å². The highest BCUT2D eigenvalue weighted by atomic mass is 16.2. The summed E-state index contributed by atoms with van der Waals surface area (Å²) in [6, 6.07) is 19.1. The Morgan fingerprint density at radius 3 is 2.25 bits per heavy atom. The Labute approximate surface area is 142 Å². The third kappa shape index (κ3) is 3.18. The van der Waals surface area contributed by atoms with Crippen molar-refractivity contribution in [1.29, 1.82) is 0 Å². The van der Waals surface area contributed by atoms with Crippen molar-refractivity contribution in [2.45, 2.75) is 19.4 Å². The molecule has 0 bridgehead atoms. The van der Waals surface area contributed by atoms with Gasteiger partial charge < -0.3 is 9.80 Å². The van der Waals surface area contributed by atoms with Crippen LogP contribution in [0.1, 0.15) is 22.8 Å². The summed E-state index contributed by atoms with van der Waals surface area (Å²) in [6.45, 7) is 2.30. The minimum Gasteiger partial charge on any atom is -0.328 e. The predicted molar refractivity (Wildman–Crippen MR) is 93.3 cm³/mol. The van der Waals surface area contributed by atoms with E-state index in [2.05, 4.69) is 0 Å². The van der Waals surface area contributed by atoms with Gasteiger partial charge in [0.2, 0.25) is 5.91 Å². The van der Waals surface area contributed by atoms with E-state index in [9.17, 15) is 9.59 Å². The molecule has 1 heterocycles. The smallest absolute Gasteiger partial charge is 0.255 e. The Morgan fingerprint density at radius 2 is 1.62 bits per heavy atom. The first-order valence-electron chi connectivity index (χ1n) is 8.23. The molecule has 1 fully saturated rings. The minimum absolute atomic E-state index is 0.0273. The van der Waals surface area contributed by atoms with Crippen LogP contribution in [0.15, 0.2) is 60.7 Å². The van der Waals surface area contributed by atoms with E-state index >= 15 is 0 Å². The Hall–Kier alpha value is -2.62. The van der Waals surface area contributed by atoms with Gasteiger partial charge in [-0.05, 0) is 31.0 Å². The van der Waals surface area contributed by atoms with Crippen LogP contribution in [0.5, 0.6) is 0 Å². The molecule has 1 aliphatic heterocycles. The Bertz CT molecular complexity index is 713. The number of rotatable bonds is 3. The summed E-state index contributed by atoms with van der Waals surface area (Å²) in [5.41, 5.74) is 1.77. The number of nitrogens with zero attached hydrogens (tertiary/aromatic N) is 2. The van der Waals surface area contributed by atoms with Crippen LogP contribution >= 0.6 is 0 Å². The van der Waals surface area contributed by atoms with E-state index in [1.807, 2.05) is 67.6 Å². The van der Waals surface area contributed by atoms with Crippen LogP contribution in [0.2, 0.25) is 0 Å². The molecular weight excluding hydrogens is 300 g/mol. The molecule has 4 nitrogen and oxygen atoms in total. The first kappa shape index (κ1) is 16.2. The molecule has 3 rings (SSSR count). The molecule has 4 heteroatoms. The molecule has 1 saturated heterocycles. The molecular formula is C20H22N2O2. The third-order valence-corrected chi connectivity index (χ3v) is 4.71. The van der Waals surface area contributed by atoms with Crippen LogP contribution in [-0.2, 0) is 11.2 Å². The molecule has 124 valence electrons. The van der Waals surface area contributed by atoms with Gasteiger partial charge in [-0.3, -0.25) is 9.59 Å². The lowest BCUT2D eigenvalue weighted by Crippen LogP contribution is -2.58. The van der Waals surface area contributed by atoms with Gasteiger partial charge in [0.25, 0.3) is 5.91 Å². The molecule has 0 aromatic heterocycles. The first-order chi connectivity index (χ1) is 11.6. The van der Waals surface area contributed by atoms with E-state index in [1.54, 1.807) is 16.8 Å². The zero-order valence-electron chi connectivity index (χ0n) is 14.1. The van der Waals surface area contributed by atoms with Crippen molar-refractivity contribution in [3.05, 3.63) is 71.8 Å². The van der Waals surface area contributed by atoms with Gasteiger partial charge in [-0.25, -0.2) is 0 Å². The summed E-state index contributed by atoms with van der Waals surface area (Å²) in [7, 11) is 1.76. The fourth-order valence-corrected chi connectivity index (χ4v) is 3.26. The number of benzene rings is 2. The molecule has 2 atom stereocenters. The zero-order valence-corrected chi connectivity index (χ0v) is 14.1. The molecule has 1 aliphatic rings. The molecule has 2 aromatic rings. The van der Waals surface area contributed by atoms with E-state index in [4.69, 9.17) is 0 Å². The average Bonchev–Trinajstić information content (AvgIpc) is 2.63. The molecule has 2 aromatic carbocycles. The largest absolute Gasteiger partial charge is 0.328 e. The zero-order chi connectivity index (χ0) is 17.1. The number of amides is 2. The third-order valence-electron chi connectivity index (χ3n) is 4.71. The van der Waals surface area contributed by atoms with Gasteiger partial charge in [0, 0.05) is 18.7 Å². The molecule has 0 aliphatic carbocycles. The summed E-state index contributed by atoms with van der Waals surface area (Å²) in [6.07, 6.45) is 0.643. The van der Waals surface area contributed by atoms with Crippen LogP contribution < -0.4 is 0 Å². The van der Waals surface area contributed by atoms with Crippen molar-refractivity contribution >= 4 is 11.8 Å². The Balaban J connectivity index is 1.84. The van der Waals surface area contributed by atoms with Crippen molar-refractivity contribution in [3.8, 4) is 0 Å². The normalized spacial score (nSPS) is 21.0. The van der Waals surface area contributed by atoms with Crippen LogP contribution in [0, 0.1) is 5.92 Å². The fraction of sp³-hybridized carbons (Fsp3) is 0.300. The molecule has 0 saturated carbocycles. The van der Waals surface area contributed by atoms with Crippen molar-refractivity contribution in [1.82, 2.24) is 9.80 Å². The summed E-state index contributed by atoms with van der Waals surface area (Å²) in [5.74, 6) is -0.150. The lowest BCUT2D eigenvalue weighted by atomic mass is 9.89. The molecule has 0 N–H and O–H groups in total. The molecule has 2 amide bonds. The van der Waals surface area contributed by atoms with Gasteiger partial charge in [-0.15, -0.1) is 0 Å². The molecule has 0 spiro atoms. The molecule has 0 radical (unpaired) electrons. The highest BCUT2D eigenvalue weighted by Gasteiger charge is 2.39. The number of hydrogen-bond acceptors (Lipinski definition) is 2. The van der Waals surface area contributed by atoms with Crippen molar-refractivity contribution < 1.29 is 9.59 Å². The lowest BCUT2D eigenvalue weighted by Gasteiger charge is -2.43. The quantitative estimate of drug-likeness (QED) is 0.872. The predicted octanol–water partition coefficient (Wildman–Crippen LogP) is 2.81. The molecule has 24 heavy (non-hydrogen) atoms. The molecule has 0 unspecified atom stereocenters. The van der Waals surface area contributed by atoms with Gasteiger partial charge in [-0.1, -0.05) is 48.5 Å². The van der Waals surface area contributed by atoms with E-state index < -0.39 is 0 Å². The van der Waals surface area contributed by atoms with Crippen LogP contribution in [-0.4, -0.2) is 41.4 Å². The minimum atomic E-state index is -0.223. The second kappa shape index (κ2) is 6.87. The standard InChI is InChI=1S/C20H22N2O2/c1-15-18(13-16-9-5-3-6-10-16)20(24)21(2)14-22(15)19(23)17-11-7-4-8-12-17/h3-12,15,18H,13-14H2,1-2H3/t15-,18+/m0/s1. The highest BCUT2D eigenvalue weighted by Crippen LogP contribution is 2.25. The SMILES string of the molecule is C[C@H]1[C@@H](Cc2ccccc2)C(=O)N(C)CN1C(=O)c1ccccc1. The second-order valence-electron chi connectivity index (χ2n) is 6.36. The number of carbonyl (C=O) groups excluding carboxylic acids is 2. The summed E-state index contributed by atoms with van der Waals surface area (Å²) in [4.78, 5) is 28.9. The second-order valence-corrected chi connectivity index (χ2v) is 6.36. The maximum atomic E-state index is 12.8. The van der Waals surface area contributed by atoms with E-state index in [0.29, 0.717) is 18.7 Å². The summed E-state index contributed by atoms with van der Waals surface area (Å²) < 4.78 is 0. The van der Waals surface area contributed by atoms with Crippen LogP contribution in [0.25, 0.3) is 0 Å². The van der Waals surface area contributed by atoms with Gasteiger partial charge >= 0.3 is 0 Å². The van der Waals surface area contributed by atoms with Crippen molar-refractivity contribution in [2.24, 2.45) is 5.92 Å². The van der Waals surface area contributed by atoms with Crippen molar-refractivity contribution in [3.63, 3.8) is 0 Å². The van der Waals surface area contributed by atoms with Crippen molar-refractivity contribution in [2.75, 3.05) is 13.7 Å². The van der Waals surface area contributed by atoms with Gasteiger partial charge in [-0.2, -0.15) is 0 Å². The maximum Gasteiger partial charge on any atom is 0.255 e. The topological polar surface area (TPSA) is 40.6 Å². The summed E-state index contributed by atoms with van der Waals surface area (Å²) in [5, 5.41) is 0. The fourth-order valence-electron chi connectivity index (χ4n) is 3.26. The monoisotopic (exact) mass is 322 g/mol. The maximum absolute atomic E-state index is 12.8. The van der Waals surface area contributed by atoms with Gasteiger partial charge in [0.05, 0.1) is 12.6 Å². The van der Waals surface area contributed by atoms with Gasteiger partial charge in [0.1, 0.15) is 0 Å². The summed E-state index contributed by atoms with van der Waals surface area (Å²) >= 11 is 0. The van der Waals surface area contributed by atoms with E-state index in [1.165, 1.54) is 0 Å². The van der Waals surface area contributed by atoms with Crippen LogP contribution in [0.3, 0.4) is 0 Å². The van der Waals surface area contributed by atoms with Gasteiger partial charge in [0.15, 0.2) is 0 Å². The van der Waals surface area contributed by atoms with Crippen LogP contribution in [0.4, 0.5) is 0 Å². The average molecular weight is 322 g/mol.